The van der Waals surface area contributed by atoms with E-state index in [9.17, 15) is 4.79 Å². The van der Waals surface area contributed by atoms with E-state index in [0.717, 1.165) is 31.5 Å². The van der Waals surface area contributed by atoms with E-state index in [4.69, 9.17) is 5.73 Å². The molecule has 1 aliphatic carbocycles. The van der Waals surface area contributed by atoms with Gasteiger partial charge in [-0.15, -0.1) is 0 Å². The van der Waals surface area contributed by atoms with Crippen molar-refractivity contribution in [3.8, 4) is 0 Å². The number of likely N-dealkylation sites (tertiary alicyclic amines) is 1. The number of hydrogen-bond donors (Lipinski definition) is 1. The highest BCUT2D eigenvalue weighted by atomic mass is 16.2. The highest BCUT2D eigenvalue weighted by molar-refractivity contribution is 5.82. The van der Waals surface area contributed by atoms with Gasteiger partial charge in [-0.25, -0.2) is 0 Å². The topological polar surface area (TPSA) is 46.3 Å². The SMILES string of the molecule is Nc1ccc(CCN2C(=O)C3CCC2C3)cc1. The predicted molar refractivity (Wildman–Crippen MR) is 67.4 cm³/mol. The summed E-state index contributed by atoms with van der Waals surface area (Å²) in [5.41, 5.74) is 7.71. The summed E-state index contributed by atoms with van der Waals surface area (Å²) in [5.74, 6) is 0.725. The van der Waals surface area contributed by atoms with Crippen LogP contribution in [0.2, 0.25) is 0 Å². The second-order valence-corrected chi connectivity index (χ2v) is 5.19. The molecule has 1 amide bonds. The second-order valence-electron chi connectivity index (χ2n) is 5.19. The molecule has 2 aliphatic rings. The fourth-order valence-electron chi connectivity index (χ4n) is 3.11. The van der Waals surface area contributed by atoms with Gasteiger partial charge in [0, 0.05) is 24.2 Å². The highest BCUT2D eigenvalue weighted by Crippen LogP contribution is 2.38. The molecule has 2 fully saturated rings. The molecule has 1 saturated heterocycles. The van der Waals surface area contributed by atoms with E-state index >= 15 is 0 Å². The predicted octanol–water partition coefficient (Wildman–Crippen LogP) is 1.82. The van der Waals surface area contributed by atoms with Crippen LogP contribution in [0, 0.1) is 5.92 Å². The number of amides is 1. The van der Waals surface area contributed by atoms with E-state index in [0.29, 0.717) is 17.9 Å². The lowest BCUT2D eigenvalue weighted by Gasteiger charge is -2.27. The molecule has 2 N–H and O–H groups in total. The summed E-state index contributed by atoms with van der Waals surface area (Å²) in [6, 6.07) is 8.48. The van der Waals surface area contributed by atoms with Crippen molar-refractivity contribution in [1.82, 2.24) is 4.90 Å². The largest absolute Gasteiger partial charge is 0.399 e. The minimum Gasteiger partial charge on any atom is -0.399 e. The van der Waals surface area contributed by atoms with E-state index in [1.54, 1.807) is 0 Å². The Labute approximate surface area is 102 Å². The number of hydrogen-bond acceptors (Lipinski definition) is 2. The maximum absolute atomic E-state index is 11.9. The number of anilines is 1. The van der Waals surface area contributed by atoms with Gasteiger partial charge in [-0.2, -0.15) is 0 Å². The molecule has 1 aromatic carbocycles. The zero-order valence-electron chi connectivity index (χ0n) is 9.93. The van der Waals surface area contributed by atoms with Gasteiger partial charge < -0.3 is 10.6 Å². The van der Waals surface area contributed by atoms with Gasteiger partial charge in [-0.1, -0.05) is 12.1 Å². The van der Waals surface area contributed by atoms with Crippen molar-refractivity contribution in [3.63, 3.8) is 0 Å². The third-order valence-corrected chi connectivity index (χ3v) is 4.10. The van der Waals surface area contributed by atoms with E-state index in [1.807, 2.05) is 24.3 Å². The number of nitrogen functional groups attached to an aromatic ring is 1. The van der Waals surface area contributed by atoms with Crippen LogP contribution in [0.4, 0.5) is 5.69 Å². The number of carbonyl (C=O) groups excluding carboxylic acids is 1. The third-order valence-electron chi connectivity index (χ3n) is 4.10. The van der Waals surface area contributed by atoms with E-state index < -0.39 is 0 Å². The molecule has 1 heterocycles. The highest BCUT2D eigenvalue weighted by Gasteiger charge is 2.43. The molecule has 3 nitrogen and oxygen atoms in total. The summed E-state index contributed by atoms with van der Waals surface area (Å²) in [7, 11) is 0. The number of rotatable bonds is 3. The lowest BCUT2D eigenvalue weighted by Crippen LogP contribution is -2.38. The van der Waals surface area contributed by atoms with Crippen LogP contribution in [-0.4, -0.2) is 23.4 Å². The number of benzene rings is 1. The molecule has 3 heteroatoms. The average molecular weight is 230 g/mol. The molecule has 1 saturated carbocycles. The molecule has 2 unspecified atom stereocenters. The number of piperidine rings is 1. The van der Waals surface area contributed by atoms with Crippen molar-refractivity contribution in [2.75, 3.05) is 12.3 Å². The first-order valence-electron chi connectivity index (χ1n) is 6.39. The van der Waals surface area contributed by atoms with Gasteiger partial charge in [0.2, 0.25) is 5.91 Å². The van der Waals surface area contributed by atoms with Crippen molar-refractivity contribution in [3.05, 3.63) is 29.8 Å². The molecule has 90 valence electrons. The molecular weight excluding hydrogens is 212 g/mol. The third kappa shape index (κ3) is 1.90. The normalized spacial score (nSPS) is 26.8. The maximum Gasteiger partial charge on any atom is 0.226 e. The van der Waals surface area contributed by atoms with E-state index in [-0.39, 0.29) is 0 Å². The van der Waals surface area contributed by atoms with Crippen LogP contribution in [0.1, 0.15) is 24.8 Å². The molecule has 1 aliphatic heterocycles. The van der Waals surface area contributed by atoms with Gasteiger partial charge in [0.25, 0.3) is 0 Å². The summed E-state index contributed by atoms with van der Waals surface area (Å²) in [5, 5.41) is 0. The van der Waals surface area contributed by atoms with Gasteiger partial charge in [-0.3, -0.25) is 4.79 Å². The molecule has 0 radical (unpaired) electrons. The van der Waals surface area contributed by atoms with Crippen LogP contribution < -0.4 is 5.73 Å². The Kier molecular flexibility index (Phi) is 2.54. The van der Waals surface area contributed by atoms with Crippen LogP contribution >= 0.6 is 0 Å². The van der Waals surface area contributed by atoms with Gasteiger partial charge in [0.05, 0.1) is 0 Å². The zero-order valence-corrected chi connectivity index (χ0v) is 9.93. The van der Waals surface area contributed by atoms with Crippen molar-refractivity contribution >= 4 is 11.6 Å². The first-order chi connectivity index (χ1) is 8.24. The standard InChI is InChI=1S/C14H18N2O/c15-12-4-1-10(2-5-12)7-8-16-13-6-3-11(9-13)14(16)17/h1-2,4-5,11,13H,3,6-9,15H2. The van der Waals surface area contributed by atoms with Crippen LogP contribution in [-0.2, 0) is 11.2 Å². The lowest BCUT2D eigenvalue weighted by atomic mass is 10.1. The molecule has 0 aromatic heterocycles. The minimum absolute atomic E-state index is 0.339. The molecule has 2 atom stereocenters. The summed E-state index contributed by atoms with van der Waals surface area (Å²) >= 11 is 0. The Morgan fingerprint density at radius 3 is 2.65 bits per heavy atom. The van der Waals surface area contributed by atoms with Crippen LogP contribution in [0.5, 0.6) is 0 Å². The summed E-state index contributed by atoms with van der Waals surface area (Å²) in [4.78, 5) is 14.0. The summed E-state index contributed by atoms with van der Waals surface area (Å²) < 4.78 is 0. The quantitative estimate of drug-likeness (QED) is 0.805. The fraction of sp³-hybridized carbons (Fsp3) is 0.500. The Hall–Kier alpha value is -1.51. The van der Waals surface area contributed by atoms with Gasteiger partial charge >= 0.3 is 0 Å². The lowest BCUT2D eigenvalue weighted by molar-refractivity contribution is -0.134. The maximum atomic E-state index is 11.9. The molecule has 1 aromatic rings. The van der Waals surface area contributed by atoms with Gasteiger partial charge in [0.15, 0.2) is 0 Å². The second kappa shape index (κ2) is 4.06. The molecule has 2 bridgehead atoms. The monoisotopic (exact) mass is 230 g/mol. The summed E-state index contributed by atoms with van der Waals surface area (Å²) in [6.07, 6.45) is 4.36. The van der Waals surface area contributed by atoms with Gasteiger partial charge in [0.1, 0.15) is 0 Å². The number of carbonyl (C=O) groups is 1. The Bertz CT molecular complexity index is 426. The molecule has 17 heavy (non-hydrogen) atoms. The number of nitrogens with zero attached hydrogens (tertiary/aromatic N) is 1. The van der Waals surface area contributed by atoms with Crippen molar-refractivity contribution in [2.45, 2.75) is 31.7 Å². The smallest absolute Gasteiger partial charge is 0.226 e. The van der Waals surface area contributed by atoms with E-state index in [1.165, 1.54) is 12.0 Å². The molecule has 3 rings (SSSR count). The van der Waals surface area contributed by atoms with Crippen molar-refractivity contribution in [2.24, 2.45) is 5.92 Å². The van der Waals surface area contributed by atoms with Gasteiger partial charge in [-0.05, 0) is 43.4 Å². The number of fused-ring (bicyclic) bond motifs is 2. The Morgan fingerprint density at radius 2 is 2.00 bits per heavy atom. The van der Waals surface area contributed by atoms with Crippen molar-refractivity contribution < 1.29 is 4.79 Å². The Morgan fingerprint density at radius 1 is 1.24 bits per heavy atom. The minimum atomic E-state index is 0.339. The van der Waals surface area contributed by atoms with Crippen LogP contribution in [0.25, 0.3) is 0 Å². The average Bonchev–Trinajstić information content (AvgIpc) is 2.90. The number of nitrogens with two attached hydrogens (primary N) is 1. The van der Waals surface area contributed by atoms with E-state index in [2.05, 4.69) is 4.90 Å². The zero-order chi connectivity index (χ0) is 11.8. The van der Waals surface area contributed by atoms with Crippen LogP contribution in [0.15, 0.2) is 24.3 Å². The van der Waals surface area contributed by atoms with Crippen molar-refractivity contribution in [1.29, 1.82) is 0 Å². The van der Waals surface area contributed by atoms with Crippen LogP contribution in [0.3, 0.4) is 0 Å². The first kappa shape index (κ1) is 10.6. The summed E-state index contributed by atoms with van der Waals surface area (Å²) in [6.45, 7) is 0.865. The Balaban J connectivity index is 1.61. The molecule has 0 spiro atoms. The first-order valence-corrected chi connectivity index (χ1v) is 6.39. The fourth-order valence-corrected chi connectivity index (χ4v) is 3.11. The molecular formula is C14H18N2O.